The monoisotopic (exact) mass is 402 g/mol. The van der Waals surface area contributed by atoms with Crippen molar-refractivity contribution in [1.29, 1.82) is 0 Å². The molecule has 1 amide bonds. The number of nitrogens with zero attached hydrogens (tertiary/aromatic N) is 4. The molecule has 0 aliphatic heterocycles. The number of carbonyl (C=O) groups excluding carboxylic acids is 1. The van der Waals surface area contributed by atoms with Crippen molar-refractivity contribution >= 4 is 28.1 Å². The van der Waals surface area contributed by atoms with E-state index in [-0.39, 0.29) is 5.57 Å². The molecule has 0 radical (unpaired) electrons. The minimum atomic E-state index is -0.610. The molecule has 9 heteroatoms. The van der Waals surface area contributed by atoms with Gasteiger partial charge in [0.2, 0.25) is 11.7 Å². The molecule has 0 atom stereocenters. The Morgan fingerprint density at radius 3 is 2.80 bits per heavy atom. The minimum Gasteiger partial charge on any atom is -0.365 e. The molecule has 0 spiro atoms. The Balaban J connectivity index is 1.50. The van der Waals surface area contributed by atoms with Crippen molar-refractivity contribution < 1.29 is 13.8 Å². The lowest BCUT2D eigenvalue weighted by molar-refractivity contribution is -0.112. The fraction of sp³-hybridized carbons (Fsp3) is 0.190. The first-order valence-corrected chi connectivity index (χ1v) is 9.51. The van der Waals surface area contributed by atoms with Gasteiger partial charge in [-0.25, -0.2) is 4.98 Å². The number of nitrogens with two attached hydrogens (primary N) is 1. The largest absolute Gasteiger partial charge is 0.365 e. The quantitative estimate of drug-likeness (QED) is 0.469. The molecular weight excluding hydrogens is 384 g/mol. The summed E-state index contributed by atoms with van der Waals surface area (Å²) in [6.07, 6.45) is 5.33. The molecule has 0 bridgehead atoms. The van der Waals surface area contributed by atoms with E-state index >= 15 is 0 Å². The Morgan fingerprint density at radius 1 is 1.20 bits per heavy atom. The second kappa shape index (κ2) is 7.11. The summed E-state index contributed by atoms with van der Waals surface area (Å²) in [7, 11) is 0. The van der Waals surface area contributed by atoms with Gasteiger partial charge >= 0.3 is 0 Å². The molecule has 1 aliphatic rings. The number of aryl methyl sites for hydroxylation is 1. The van der Waals surface area contributed by atoms with Gasteiger partial charge in [-0.3, -0.25) is 4.79 Å². The van der Waals surface area contributed by atoms with E-state index in [4.69, 9.17) is 14.8 Å². The topological polar surface area (TPSA) is 133 Å². The van der Waals surface area contributed by atoms with Gasteiger partial charge in [0, 0.05) is 42.3 Å². The summed E-state index contributed by atoms with van der Waals surface area (Å²) in [5, 5.41) is 12.8. The Hall–Kier alpha value is -4.01. The van der Waals surface area contributed by atoms with Gasteiger partial charge in [0.1, 0.15) is 17.3 Å². The summed E-state index contributed by atoms with van der Waals surface area (Å²) < 4.78 is 10.4. The molecule has 1 saturated carbocycles. The van der Waals surface area contributed by atoms with Gasteiger partial charge < -0.3 is 20.1 Å². The second-order valence-corrected chi connectivity index (χ2v) is 7.19. The van der Waals surface area contributed by atoms with Crippen LogP contribution in [0.3, 0.4) is 0 Å². The molecule has 3 N–H and O–H groups in total. The molecule has 3 aromatic heterocycles. The van der Waals surface area contributed by atoms with E-state index in [1.807, 2.05) is 24.3 Å². The number of hydrogen-bond donors (Lipinski definition) is 2. The normalized spacial score (nSPS) is 14.2. The molecular formula is C21H18N6O3. The molecule has 150 valence electrons. The number of rotatable bonds is 6. The highest BCUT2D eigenvalue weighted by molar-refractivity contribution is 6.18. The van der Waals surface area contributed by atoms with E-state index < -0.39 is 5.91 Å². The average Bonchev–Trinajstić information content (AvgIpc) is 3.32. The lowest BCUT2D eigenvalue weighted by atomic mass is 10.1. The van der Waals surface area contributed by atoms with E-state index in [1.165, 1.54) is 6.20 Å². The Kier molecular flexibility index (Phi) is 4.27. The fourth-order valence-corrected chi connectivity index (χ4v) is 3.23. The van der Waals surface area contributed by atoms with Crippen LogP contribution >= 0.6 is 0 Å². The highest BCUT2D eigenvalue weighted by Crippen LogP contribution is 2.40. The second-order valence-electron chi connectivity index (χ2n) is 7.19. The van der Waals surface area contributed by atoms with Crippen molar-refractivity contribution in [3.05, 3.63) is 60.1 Å². The predicted octanol–water partition coefficient (Wildman–Crippen LogP) is 3.40. The molecule has 3 heterocycles. The summed E-state index contributed by atoms with van der Waals surface area (Å²) in [5.74, 6) is 2.09. The first kappa shape index (κ1) is 18.0. The maximum absolute atomic E-state index is 12.0. The number of pyridine rings is 1. The molecule has 1 fully saturated rings. The van der Waals surface area contributed by atoms with Crippen LogP contribution in [0, 0.1) is 6.92 Å². The Morgan fingerprint density at radius 2 is 2.07 bits per heavy atom. The van der Waals surface area contributed by atoms with Gasteiger partial charge in [0.05, 0.1) is 5.57 Å². The van der Waals surface area contributed by atoms with Crippen LogP contribution in [0.4, 0.5) is 5.82 Å². The molecule has 5 rings (SSSR count). The third-order valence-corrected chi connectivity index (χ3v) is 4.95. The molecule has 4 aromatic rings. The number of benzene rings is 1. The third-order valence-electron chi connectivity index (χ3n) is 4.95. The summed E-state index contributed by atoms with van der Waals surface area (Å²) >= 11 is 0. The van der Waals surface area contributed by atoms with Gasteiger partial charge in [0.15, 0.2) is 0 Å². The summed E-state index contributed by atoms with van der Waals surface area (Å²) in [4.78, 5) is 20.7. The van der Waals surface area contributed by atoms with Crippen LogP contribution in [0.2, 0.25) is 0 Å². The van der Waals surface area contributed by atoms with E-state index in [2.05, 4.69) is 25.6 Å². The van der Waals surface area contributed by atoms with Gasteiger partial charge in [-0.2, -0.15) is 4.98 Å². The summed E-state index contributed by atoms with van der Waals surface area (Å²) in [6, 6.07) is 9.43. The lowest BCUT2D eigenvalue weighted by Gasteiger charge is -2.07. The van der Waals surface area contributed by atoms with Crippen LogP contribution in [-0.4, -0.2) is 26.2 Å². The zero-order valence-electron chi connectivity index (χ0n) is 16.1. The highest BCUT2D eigenvalue weighted by atomic mass is 16.5. The molecule has 1 aliphatic carbocycles. The van der Waals surface area contributed by atoms with E-state index in [0.29, 0.717) is 29.1 Å². The van der Waals surface area contributed by atoms with Gasteiger partial charge in [-0.1, -0.05) is 22.4 Å². The van der Waals surface area contributed by atoms with Gasteiger partial charge in [0.25, 0.3) is 5.91 Å². The van der Waals surface area contributed by atoms with Crippen LogP contribution < -0.4 is 11.1 Å². The fourth-order valence-electron chi connectivity index (χ4n) is 3.23. The van der Waals surface area contributed by atoms with E-state index in [0.717, 1.165) is 34.9 Å². The SMILES string of the molecule is Cc1nc(-c2ccc3ccnc(NC=C(C(N)=O)c4cc(C5CC5)on4)c3c2)no1. The van der Waals surface area contributed by atoms with E-state index in [9.17, 15) is 4.79 Å². The predicted molar refractivity (Wildman–Crippen MR) is 109 cm³/mol. The number of anilines is 1. The lowest BCUT2D eigenvalue weighted by Crippen LogP contribution is -2.14. The van der Waals surface area contributed by atoms with Crippen LogP contribution in [0.5, 0.6) is 0 Å². The number of fused-ring (bicyclic) bond motifs is 1. The van der Waals surface area contributed by atoms with Gasteiger partial charge in [-0.05, 0) is 30.4 Å². The first-order valence-electron chi connectivity index (χ1n) is 9.51. The zero-order valence-corrected chi connectivity index (χ0v) is 16.1. The van der Waals surface area contributed by atoms with Crippen LogP contribution in [0.25, 0.3) is 27.7 Å². The maximum atomic E-state index is 12.0. The number of amides is 1. The zero-order chi connectivity index (χ0) is 20.7. The Labute approximate surface area is 171 Å². The number of aromatic nitrogens is 4. The molecule has 0 unspecified atom stereocenters. The summed E-state index contributed by atoms with van der Waals surface area (Å²) in [6.45, 7) is 1.74. The molecule has 1 aromatic carbocycles. The van der Waals surface area contributed by atoms with Crippen molar-refractivity contribution in [2.75, 3.05) is 5.32 Å². The summed E-state index contributed by atoms with van der Waals surface area (Å²) in [5.41, 5.74) is 6.98. The van der Waals surface area contributed by atoms with Gasteiger partial charge in [-0.15, -0.1) is 0 Å². The molecule has 30 heavy (non-hydrogen) atoms. The first-order chi connectivity index (χ1) is 14.6. The molecule has 0 saturated heterocycles. The van der Waals surface area contributed by atoms with Crippen molar-refractivity contribution in [3.63, 3.8) is 0 Å². The number of nitrogens with one attached hydrogen (secondary N) is 1. The van der Waals surface area contributed by atoms with Crippen LogP contribution in [0.1, 0.15) is 36.1 Å². The average molecular weight is 402 g/mol. The minimum absolute atomic E-state index is 0.217. The Bertz CT molecular complexity index is 1280. The van der Waals surface area contributed by atoms with Crippen LogP contribution in [-0.2, 0) is 4.79 Å². The number of carbonyl (C=O) groups is 1. The highest BCUT2D eigenvalue weighted by Gasteiger charge is 2.28. The number of hydrogen-bond acceptors (Lipinski definition) is 8. The maximum Gasteiger partial charge on any atom is 0.252 e. The smallest absolute Gasteiger partial charge is 0.252 e. The number of primary amides is 1. The third kappa shape index (κ3) is 3.41. The van der Waals surface area contributed by atoms with Crippen molar-refractivity contribution in [2.45, 2.75) is 25.7 Å². The van der Waals surface area contributed by atoms with Crippen molar-refractivity contribution in [1.82, 2.24) is 20.3 Å². The molecule has 9 nitrogen and oxygen atoms in total. The standard InChI is InChI=1S/C21H18N6O3/c1-11-25-20(27-29-11)14-5-2-12-6-7-23-21(15(12)8-14)24-10-16(19(22)28)17-9-18(30-26-17)13-3-4-13/h2,5-10,13H,3-4H2,1H3,(H2,22,28)(H,23,24). The van der Waals surface area contributed by atoms with E-state index in [1.54, 1.807) is 19.2 Å². The van der Waals surface area contributed by atoms with Crippen LogP contribution in [0.15, 0.2) is 51.8 Å². The van der Waals surface area contributed by atoms with Crippen molar-refractivity contribution in [3.8, 4) is 11.4 Å². The van der Waals surface area contributed by atoms with Crippen molar-refractivity contribution in [2.24, 2.45) is 5.73 Å².